The van der Waals surface area contributed by atoms with Crippen LogP contribution in [0.2, 0.25) is 0 Å². The van der Waals surface area contributed by atoms with Crippen LogP contribution < -0.4 is 0 Å². The summed E-state index contributed by atoms with van der Waals surface area (Å²) in [6.07, 6.45) is 7.48. The van der Waals surface area contributed by atoms with Crippen LogP contribution in [0.5, 0.6) is 0 Å². The van der Waals surface area contributed by atoms with Crippen molar-refractivity contribution >= 4 is 0 Å². The quantitative estimate of drug-likeness (QED) is 0.630. The molecule has 1 aliphatic rings. The SMILES string of the molecule is CCCCCC1CC(c2ccc(F)c(F)c2)C1. The highest BCUT2D eigenvalue weighted by Gasteiger charge is 2.29. The predicted molar refractivity (Wildman–Crippen MR) is 66.0 cm³/mol. The zero-order valence-electron chi connectivity index (χ0n) is 10.4. The van der Waals surface area contributed by atoms with Gasteiger partial charge in [0.15, 0.2) is 11.6 Å². The van der Waals surface area contributed by atoms with Crippen molar-refractivity contribution in [3.63, 3.8) is 0 Å². The summed E-state index contributed by atoms with van der Waals surface area (Å²) in [5, 5.41) is 0. The average molecular weight is 238 g/mol. The first-order valence-electron chi connectivity index (χ1n) is 6.65. The minimum absolute atomic E-state index is 0.455. The van der Waals surface area contributed by atoms with E-state index >= 15 is 0 Å². The van der Waals surface area contributed by atoms with Crippen LogP contribution in [0.15, 0.2) is 18.2 Å². The molecule has 0 atom stereocenters. The summed E-state index contributed by atoms with van der Waals surface area (Å²) in [6.45, 7) is 2.21. The number of unbranched alkanes of at least 4 members (excludes halogenated alkanes) is 2. The zero-order valence-corrected chi connectivity index (χ0v) is 10.4. The Balaban J connectivity index is 1.80. The molecule has 0 heterocycles. The van der Waals surface area contributed by atoms with E-state index < -0.39 is 11.6 Å². The molecule has 0 radical (unpaired) electrons. The molecule has 0 aromatic heterocycles. The summed E-state index contributed by atoms with van der Waals surface area (Å²) >= 11 is 0. The molecule has 0 nitrogen and oxygen atoms in total. The monoisotopic (exact) mass is 238 g/mol. The minimum Gasteiger partial charge on any atom is -0.204 e. The largest absolute Gasteiger partial charge is 0.204 e. The number of hydrogen-bond donors (Lipinski definition) is 0. The minimum atomic E-state index is -0.743. The normalized spacial score (nSPS) is 23.5. The summed E-state index contributed by atoms with van der Waals surface area (Å²) in [5.41, 5.74) is 0.968. The van der Waals surface area contributed by atoms with Gasteiger partial charge in [0.05, 0.1) is 0 Å². The van der Waals surface area contributed by atoms with Gasteiger partial charge in [-0.2, -0.15) is 0 Å². The Hall–Kier alpha value is -0.920. The highest BCUT2D eigenvalue weighted by Crippen LogP contribution is 2.44. The van der Waals surface area contributed by atoms with E-state index in [1.54, 1.807) is 6.07 Å². The first-order valence-corrected chi connectivity index (χ1v) is 6.65. The first kappa shape index (κ1) is 12.5. The summed E-state index contributed by atoms with van der Waals surface area (Å²) in [5.74, 6) is -0.194. The average Bonchev–Trinajstić information content (AvgIpc) is 2.26. The van der Waals surface area contributed by atoms with E-state index in [0.717, 1.165) is 24.3 Å². The Morgan fingerprint density at radius 3 is 2.53 bits per heavy atom. The Kier molecular flexibility index (Phi) is 4.14. The molecule has 1 aromatic rings. The second kappa shape index (κ2) is 5.61. The van der Waals surface area contributed by atoms with Crippen LogP contribution in [0.25, 0.3) is 0 Å². The molecule has 0 amide bonds. The van der Waals surface area contributed by atoms with E-state index in [2.05, 4.69) is 6.92 Å². The summed E-state index contributed by atoms with van der Waals surface area (Å²) in [7, 11) is 0. The maximum Gasteiger partial charge on any atom is 0.159 e. The van der Waals surface area contributed by atoms with Crippen molar-refractivity contribution in [2.24, 2.45) is 5.92 Å². The van der Waals surface area contributed by atoms with Crippen molar-refractivity contribution in [3.05, 3.63) is 35.4 Å². The summed E-state index contributed by atoms with van der Waals surface area (Å²) in [4.78, 5) is 0. The molecular weight excluding hydrogens is 218 g/mol. The number of halogens is 2. The van der Waals surface area contributed by atoms with E-state index in [9.17, 15) is 8.78 Å². The van der Waals surface area contributed by atoms with Crippen molar-refractivity contribution < 1.29 is 8.78 Å². The summed E-state index contributed by atoms with van der Waals surface area (Å²) < 4.78 is 25.9. The molecule has 1 fully saturated rings. The lowest BCUT2D eigenvalue weighted by atomic mass is 9.69. The molecule has 1 aliphatic carbocycles. The van der Waals surface area contributed by atoms with Crippen molar-refractivity contribution in [2.45, 2.75) is 51.4 Å². The fraction of sp³-hybridized carbons (Fsp3) is 0.600. The van der Waals surface area contributed by atoms with Crippen LogP contribution in [-0.2, 0) is 0 Å². The Morgan fingerprint density at radius 1 is 1.12 bits per heavy atom. The Labute approximate surface area is 102 Å². The number of hydrogen-bond acceptors (Lipinski definition) is 0. The van der Waals surface area contributed by atoms with Gasteiger partial charge in [-0.05, 0) is 42.4 Å². The van der Waals surface area contributed by atoms with Crippen molar-refractivity contribution in [2.75, 3.05) is 0 Å². The molecule has 1 saturated carbocycles. The van der Waals surface area contributed by atoms with Gasteiger partial charge in [0.25, 0.3) is 0 Å². The van der Waals surface area contributed by atoms with E-state index in [1.165, 1.54) is 37.8 Å². The molecule has 2 heteroatoms. The third-order valence-electron chi connectivity index (χ3n) is 3.87. The van der Waals surface area contributed by atoms with Crippen LogP contribution >= 0.6 is 0 Å². The van der Waals surface area contributed by atoms with Gasteiger partial charge in [-0.1, -0.05) is 38.7 Å². The van der Waals surface area contributed by atoms with Gasteiger partial charge >= 0.3 is 0 Å². The van der Waals surface area contributed by atoms with Crippen LogP contribution in [0, 0.1) is 17.6 Å². The van der Waals surface area contributed by atoms with E-state index in [1.807, 2.05) is 0 Å². The van der Waals surface area contributed by atoms with Gasteiger partial charge in [0.2, 0.25) is 0 Å². The lowest BCUT2D eigenvalue weighted by Crippen LogP contribution is -2.21. The van der Waals surface area contributed by atoms with Crippen molar-refractivity contribution in [3.8, 4) is 0 Å². The van der Waals surface area contributed by atoms with Gasteiger partial charge in [0.1, 0.15) is 0 Å². The molecule has 0 N–H and O–H groups in total. The van der Waals surface area contributed by atoms with Gasteiger partial charge in [-0.3, -0.25) is 0 Å². The molecular formula is C15H20F2. The Morgan fingerprint density at radius 2 is 1.88 bits per heavy atom. The van der Waals surface area contributed by atoms with E-state index in [0.29, 0.717) is 5.92 Å². The van der Waals surface area contributed by atoms with Gasteiger partial charge in [-0.15, -0.1) is 0 Å². The molecule has 0 saturated heterocycles. The highest BCUT2D eigenvalue weighted by atomic mass is 19.2. The van der Waals surface area contributed by atoms with E-state index in [4.69, 9.17) is 0 Å². The maximum atomic E-state index is 13.1. The molecule has 2 rings (SSSR count). The third kappa shape index (κ3) is 3.05. The van der Waals surface area contributed by atoms with Crippen LogP contribution in [0.4, 0.5) is 8.78 Å². The molecule has 94 valence electrons. The van der Waals surface area contributed by atoms with Crippen LogP contribution in [0.1, 0.15) is 56.9 Å². The zero-order chi connectivity index (χ0) is 12.3. The second-order valence-electron chi connectivity index (χ2n) is 5.20. The second-order valence-corrected chi connectivity index (χ2v) is 5.20. The first-order chi connectivity index (χ1) is 8.20. The smallest absolute Gasteiger partial charge is 0.159 e. The molecule has 0 unspecified atom stereocenters. The predicted octanol–water partition coefficient (Wildman–Crippen LogP) is 5.04. The van der Waals surface area contributed by atoms with Crippen molar-refractivity contribution in [1.29, 1.82) is 0 Å². The lowest BCUT2D eigenvalue weighted by molar-refractivity contribution is 0.241. The Bertz CT molecular complexity index is 367. The van der Waals surface area contributed by atoms with Gasteiger partial charge < -0.3 is 0 Å². The van der Waals surface area contributed by atoms with E-state index in [-0.39, 0.29) is 0 Å². The van der Waals surface area contributed by atoms with Crippen molar-refractivity contribution in [1.82, 2.24) is 0 Å². The third-order valence-corrected chi connectivity index (χ3v) is 3.87. The molecule has 1 aromatic carbocycles. The topological polar surface area (TPSA) is 0 Å². The fourth-order valence-electron chi connectivity index (χ4n) is 2.69. The number of benzene rings is 1. The van der Waals surface area contributed by atoms with Gasteiger partial charge in [0, 0.05) is 0 Å². The standard InChI is InChI=1S/C15H20F2/c1-2-3-4-5-11-8-13(9-11)12-6-7-14(16)15(17)10-12/h6-7,10-11,13H,2-5,8-9H2,1H3. The molecule has 17 heavy (non-hydrogen) atoms. The van der Waals surface area contributed by atoms with Gasteiger partial charge in [-0.25, -0.2) is 8.78 Å². The fourth-order valence-corrected chi connectivity index (χ4v) is 2.69. The van der Waals surface area contributed by atoms with Crippen LogP contribution in [-0.4, -0.2) is 0 Å². The molecule has 0 bridgehead atoms. The summed E-state index contributed by atoms with van der Waals surface area (Å²) in [6, 6.07) is 4.34. The lowest BCUT2D eigenvalue weighted by Gasteiger charge is -2.36. The maximum absolute atomic E-state index is 13.1. The number of rotatable bonds is 5. The molecule has 0 spiro atoms. The highest BCUT2D eigenvalue weighted by molar-refractivity contribution is 5.23. The molecule has 0 aliphatic heterocycles. The van der Waals surface area contributed by atoms with Crippen LogP contribution in [0.3, 0.4) is 0 Å².